The van der Waals surface area contributed by atoms with Crippen LogP contribution in [0.4, 0.5) is 5.69 Å². The fraction of sp³-hybridized carbons (Fsp3) is 0.308. The van der Waals surface area contributed by atoms with Crippen LogP contribution >= 0.6 is 0 Å². The quantitative estimate of drug-likeness (QED) is 0.601. The van der Waals surface area contributed by atoms with Crippen molar-refractivity contribution in [2.24, 2.45) is 5.73 Å². The first-order valence-electron chi connectivity index (χ1n) is 5.84. The third-order valence-corrected chi connectivity index (χ3v) is 3.59. The van der Waals surface area contributed by atoms with Gasteiger partial charge in [0.05, 0.1) is 31.5 Å². The van der Waals surface area contributed by atoms with E-state index in [9.17, 15) is 13.2 Å². The number of methoxy groups -OCH3 is 1. The first kappa shape index (κ1) is 16.0. The molecule has 0 spiro atoms. The van der Waals surface area contributed by atoms with Gasteiger partial charge in [-0.3, -0.25) is 9.52 Å². The molecule has 0 radical (unpaired) electrons. The van der Waals surface area contributed by atoms with Crippen LogP contribution in [0.25, 0.3) is 0 Å². The number of para-hydroxylation sites is 1. The third-order valence-electron chi connectivity index (χ3n) is 2.32. The Morgan fingerprint density at radius 1 is 1.40 bits per heavy atom. The summed E-state index contributed by atoms with van der Waals surface area (Å²) in [7, 11) is -2.43. The maximum Gasteiger partial charge on any atom is 0.306 e. The van der Waals surface area contributed by atoms with Crippen molar-refractivity contribution in [3.05, 3.63) is 29.8 Å². The topological polar surface area (TPSA) is 98.5 Å². The fourth-order valence-corrected chi connectivity index (χ4v) is 2.42. The summed E-state index contributed by atoms with van der Waals surface area (Å²) >= 11 is 0. The van der Waals surface area contributed by atoms with Gasteiger partial charge in [-0.15, -0.1) is 0 Å². The largest absolute Gasteiger partial charge is 0.469 e. The van der Waals surface area contributed by atoms with Gasteiger partial charge in [-0.05, 0) is 12.1 Å². The van der Waals surface area contributed by atoms with Gasteiger partial charge in [0, 0.05) is 5.56 Å². The summed E-state index contributed by atoms with van der Waals surface area (Å²) in [5.74, 6) is 4.51. The van der Waals surface area contributed by atoms with E-state index < -0.39 is 16.0 Å². The number of ether oxygens (including phenoxy) is 1. The zero-order valence-corrected chi connectivity index (χ0v) is 11.9. The lowest BCUT2D eigenvalue weighted by molar-refractivity contribution is -0.140. The Bertz CT molecular complexity index is 629. The van der Waals surface area contributed by atoms with Crippen molar-refractivity contribution in [3.63, 3.8) is 0 Å². The average Bonchev–Trinajstić information content (AvgIpc) is 2.43. The number of esters is 1. The van der Waals surface area contributed by atoms with Gasteiger partial charge < -0.3 is 10.5 Å². The predicted molar refractivity (Wildman–Crippen MR) is 76.4 cm³/mol. The zero-order valence-electron chi connectivity index (χ0n) is 11.0. The van der Waals surface area contributed by atoms with Gasteiger partial charge in [-0.25, -0.2) is 8.42 Å². The zero-order chi connectivity index (χ0) is 15.0. The highest BCUT2D eigenvalue weighted by Gasteiger charge is 2.14. The number of carbonyl (C=O) groups is 1. The normalized spacial score (nSPS) is 10.3. The third kappa shape index (κ3) is 5.30. The van der Waals surface area contributed by atoms with Crippen molar-refractivity contribution < 1.29 is 17.9 Å². The van der Waals surface area contributed by atoms with Crippen LogP contribution in [-0.4, -0.2) is 33.8 Å². The van der Waals surface area contributed by atoms with Crippen molar-refractivity contribution in [1.82, 2.24) is 0 Å². The van der Waals surface area contributed by atoms with Gasteiger partial charge in [-0.2, -0.15) is 0 Å². The molecule has 0 unspecified atom stereocenters. The maximum atomic E-state index is 11.9. The van der Waals surface area contributed by atoms with E-state index in [0.29, 0.717) is 11.3 Å². The summed E-state index contributed by atoms with van der Waals surface area (Å²) in [5, 5.41) is 0. The summed E-state index contributed by atoms with van der Waals surface area (Å²) in [6.07, 6.45) is -0.206. The summed E-state index contributed by atoms with van der Waals surface area (Å²) < 4.78 is 30.5. The molecule has 0 heterocycles. The molecule has 0 fully saturated rings. The Morgan fingerprint density at radius 2 is 2.10 bits per heavy atom. The first-order chi connectivity index (χ1) is 9.48. The molecule has 7 heteroatoms. The standard InChI is InChI=1S/C13H16N2O4S/c1-19-13(16)8-10-20(17,18)15-12-7-3-2-5-11(12)6-4-9-14/h2-3,5,7,15H,8-10,14H2,1H3. The van der Waals surface area contributed by atoms with Crippen LogP contribution in [0.5, 0.6) is 0 Å². The highest BCUT2D eigenvalue weighted by molar-refractivity contribution is 7.92. The van der Waals surface area contributed by atoms with E-state index in [2.05, 4.69) is 21.3 Å². The molecule has 0 aromatic heterocycles. The van der Waals surface area contributed by atoms with Crippen molar-refractivity contribution in [1.29, 1.82) is 0 Å². The van der Waals surface area contributed by atoms with E-state index in [0.717, 1.165) is 0 Å². The lowest BCUT2D eigenvalue weighted by Crippen LogP contribution is -2.20. The molecule has 1 rings (SSSR count). The molecular weight excluding hydrogens is 280 g/mol. The molecule has 0 aliphatic carbocycles. The number of nitrogens with two attached hydrogens (primary N) is 1. The number of anilines is 1. The van der Waals surface area contributed by atoms with E-state index in [1.165, 1.54) is 7.11 Å². The molecule has 0 saturated carbocycles. The van der Waals surface area contributed by atoms with Crippen LogP contribution in [0, 0.1) is 11.8 Å². The molecule has 3 N–H and O–H groups in total. The Kier molecular flexibility index (Phi) is 6.03. The van der Waals surface area contributed by atoms with Crippen LogP contribution in [0.1, 0.15) is 12.0 Å². The highest BCUT2D eigenvalue weighted by Crippen LogP contribution is 2.15. The minimum Gasteiger partial charge on any atom is -0.469 e. The number of benzene rings is 1. The number of sulfonamides is 1. The van der Waals surface area contributed by atoms with Gasteiger partial charge in [0.25, 0.3) is 0 Å². The number of rotatable bonds is 5. The fourth-order valence-electron chi connectivity index (χ4n) is 1.37. The van der Waals surface area contributed by atoms with E-state index in [1.54, 1.807) is 24.3 Å². The van der Waals surface area contributed by atoms with E-state index in [1.807, 2.05) is 0 Å². The number of nitrogens with one attached hydrogen (secondary N) is 1. The molecule has 0 saturated heterocycles. The molecule has 1 aromatic carbocycles. The molecule has 0 amide bonds. The van der Waals surface area contributed by atoms with Crippen molar-refractivity contribution in [2.75, 3.05) is 24.1 Å². The average molecular weight is 296 g/mol. The van der Waals surface area contributed by atoms with Gasteiger partial charge >= 0.3 is 5.97 Å². The monoisotopic (exact) mass is 296 g/mol. The number of carbonyl (C=O) groups excluding carboxylic acids is 1. The second-order valence-corrected chi connectivity index (χ2v) is 5.64. The smallest absolute Gasteiger partial charge is 0.306 e. The van der Waals surface area contributed by atoms with Crippen molar-refractivity contribution in [3.8, 4) is 11.8 Å². The molecule has 6 nitrogen and oxygen atoms in total. The SMILES string of the molecule is COC(=O)CCS(=O)(=O)Nc1ccccc1C#CCN. The molecule has 108 valence electrons. The predicted octanol–water partition coefficient (Wildman–Crippen LogP) is 0.302. The Labute approximate surface area is 118 Å². The Morgan fingerprint density at radius 3 is 2.75 bits per heavy atom. The molecule has 0 atom stereocenters. The van der Waals surface area contributed by atoms with Crippen LogP contribution < -0.4 is 10.5 Å². The van der Waals surface area contributed by atoms with Gasteiger partial charge in [0.2, 0.25) is 10.0 Å². The summed E-state index contributed by atoms with van der Waals surface area (Å²) in [6.45, 7) is 0.184. The Hall–Kier alpha value is -2.04. The van der Waals surface area contributed by atoms with Gasteiger partial charge in [-0.1, -0.05) is 24.0 Å². The maximum absolute atomic E-state index is 11.9. The van der Waals surface area contributed by atoms with Crippen LogP contribution in [0.15, 0.2) is 24.3 Å². The van der Waals surface area contributed by atoms with Crippen molar-refractivity contribution >= 4 is 21.7 Å². The molecule has 0 aliphatic rings. The molecule has 0 bridgehead atoms. The second-order valence-electron chi connectivity index (χ2n) is 3.80. The van der Waals surface area contributed by atoms with E-state index in [4.69, 9.17) is 5.73 Å². The minimum absolute atomic E-state index is 0.184. The van der Waals surface area contributed by atoms with Crippen LogP contribution in [0.3, 0.4) is 0 Å². The highest BCUT2D eigenvalue weighted by atomic mass is 32.2. The minimum atomic E-state index is -3.64. The molecule has 20 heavy (non-hydrogen) atoms. The first-order valence-corrected chi connectivity index (χ1v) is 7.49. The summed E-state index contributed by atoms with van der Waals surface area (Å²) in [4.78, 5) is 11.0. The molecule has 0 aliphatic heterocycles. The lowest BCUT2D eigenvalue weighted by atomic mass is 10.2. The Balaban J connectivity index is 2.84. The lowest BCUT2D eigenvalue weighted by Gasteiger charge is -2.09. The van der Waals surface area contributed by atoms with E-state index in [-0.39, 0.29) is 18.7 Å². The van der Waals surface area contributed by atoms with Crippen LogP contribution in [-0.2, 0) is 19.6 Å². The second kappa shape index (κ2) is 7.53. The van der Waals surface area contributed by atoms with Crippen molar-refractivity contribution in [2.45, 2.75) is 6.42 Å². The summed E-state index contributed by atoms with van der Waals surface area (Å²) in [5.41, 5.74) is 6.17. The molecular formula is C13H16N2O4S. The van der Waals surface area contributed by atoms with Gasteiger partial charge in [0.1, 0.15) is 0 Å². The number of hydrogen-bond donors (Lipinski definition) is 2. The van der Waals surface area contributed by atoms with Crippen LogP contribution in [0.2, 0.25) is 0 Å². The van der Waals surface area contributed by atoms with E-state index >= 15 is 0 Å². The van der Waals surface area contributed by atoms with Gasteiger partial charge in [0.15, 0.2) is 0 Å². The summed E-state index contributed by atoms with van der Waals surface area (Å²) in [6, 6.07) is 6.70. The molecule has 1 aromatic rings. The number of hydrogen-bond acceptors (Lipinski definition) is 5.